The average Bonchev–Trinajstić information content (AvgIpc) is 2.39. The number of rotatable bonds is 6. The quantitative estimate of drug-likeness (QED) is 0.570. The van der Waals surface area contributed by atoms with Crippen molar-refractivity contribution in [2.75, 3.05) is 0 Å². The fourth-order valence-electron chi connectivity index (χ4n) is 2.31. The van der Waals surface area contributed by atoms with E-state index in [1.165, 1.54) is 17.5 Å². The van der Waals surface area contributed by atoms with E-state index < -0.39 is 0 Å². The first kappa shape index (κ1) is 15.0. The summed E-state index contributed by atoms with van der Waals surface area (Å²) in [4.78, 5) is 0. The van der Waals surface area contributed by atoms with E-state index in [0.717, 1.165) is 12.8 Å². The Bertz CT molecular complexity index is 383. The fraction of sp³-hybridized carbons (Fsp3) is 0.556. The molecule has 0 N–H and O–H groups in total. The summed E-state index contributed by atoms with van der Waals surface area (Å²) in [6.07, 6.45) is 5.40. The Balaban J connectivity index is 3.05. The van der Waals surface area contributed by atoms with Crippen molar-refractivity contribution in [3.05, 3.63) is 48.0 Å². The molecule has 0 heterocycles. The molecule has 1 aromatic rings. The SMILES string of the molecule is C=CCC(C)(CC)c1ccc(C(C)(C)CC)cc1. The van der Waals surface area contributed by atoms with E-state index in [-0.39, 0.29) is 10.8 Å². The number of allylic oxidation sites excluding steroid dienone is 1. The van der Waals surface area contributed by atoms with Crippen molar-refractivity contribution >= 4 is 0 Å². The van der Waals surface area contributed by atoms with Crippen LogP contribution in [0.1, 0.15) is 65.0 Å². The van der Waals surface area contributed by atoms with Gasteiger partial charge in [0.2, 0.25) is 0 Å². The molecular weight excluding hydrogens is 216 g/mol. The first-order chi connectivity index (χ1) is 8.39. The molecule has 0 bridgehead atoms. The van der Waals surface area contributed by atoms with E-state index in [0.29, 0.717) is 0 Å². The minimum atomic E-state index is 0.233. The van der Waals surface area contributed by atoms with E-state index in [4.69, 9.17) is 0 Å². The largest absolute Gasteiger partial charge is 0.103 e. The summed E-state index contributed by atoms with van der Waals surface area (Å²) in [7, 11) is 0. The van der Waals surface area contributed by atoms with Crippen LogP contribution >= 0.6 is 0 Å². The maximum atomic E-state index is 3.89. The topological polar surface area (TPSA) is 0 Å². The Hall–Kier alpha value is -1.04. The van der Waals surface area contributed by atoms with E-state index in [9.17, 15) is 0 Å². The molecular formula is C18H28. The lowest BCUT2D eigenvalue weighted by molar-refractivity contribution is 0.459. The third-order valence-corrected chi connectivity index (χ3v) is 4.62. The highest BCUT2D eigenvalue weighted by atomic mass is 14.3. The predicted octanol–water partition coefficient (Wildman–Crippen LogP) is 5.62. The van der Waals surface area contributed by atoms with Crippen LogP contribution in [0.2, 0.25) is 0 Å². The van der Waals surface area contributed by atoms with Crippen molar-refractivity contribution in [3.63, 3.8) is 0 Å². The molecule has 18 heavy (non-hydrogen) atoms. The molecule has 0 amide bonds. The fourth-order valence-corrected chi connectivity index (χ4v) is 2.31. The summed E-state index contributed by atoms with van der Waals surface area (Å²) in [5, 5.41) is 0. The second-order valence-electron chi connectivity index (χ2n) is 6.22. The first-order valence-corrected chi connectivity index (χ1v) is 7.11. The maximum Gasteiger partial charge on any atom is -0.00435 e. The monoisotopic (exact) mass is 244 g/mol. The molecule has 0 aliphatic carbocycles. The standard InChI is InChI=1S/C18H28/c1-7-14-18(6,9-3)16-12-10-15(11-13-16)17(4,5)8-2/h7,10-13H,1,8-9,14H2,2-6H3. The van der Waals surface area contributed by atoms with Gasteiger partial charge in [-0.2, -0.15) is 0 Å². The molecule has 0 spiro atoms. The molecule has 1 aromatic carbocycles. The lowest BCUT2D eigenvalue weighted by Crippen LogP contribution is -2.21. The molecule has 0 nitrogen and oxygen atoms in total. The van der Waals surface area contributed by atoms with Gasteiger partial charge in [-0.15, -0.1) is 6.58 Å². The summed E-state index contributed by atoms with van der Waals surface area (Å²) >= 11 is 0. The van der Waals surface area contributed by atoms with Gasteiger partial charge in [0.25, 0.3) is 0 Å². The molecule has 0 saturated heterocycles. The van der Waals surface area contributed by atoms with Crippen LogP contribution in [0, 0.1) is 0 Å². The van der Waals surface area contributed by atoms with Gasteiger partial charge in [0, 0.05) is 0 Å². The van der Waals surface area contributed by atoms with Gasteiger partial charge in [-0.1, -0.05) is 65.0 Å². The first-order valence-electron chi connectivity index (χ1n) is 7.11. The van der Waals surface area contributed by atoms with E-state index in [1.807, 2.05) is 6.08 Å². The summed E-state index contributed by atoms with van der Waals surface area (Å²) in [5.74, 6) is 0. The van der Waals surface area contributed by atoms with Crippen LogP contribution in [0.15, 0.2) is 36.9 Å². The molecule has 1 rings (SSSR count). The van der Waals surface area contributed by atoms with Crippen molar-refractivity contribution in [2.24, 2.45) is 0 Å². The lowest BCUT2D eigenvalue weighted by Gasteiger charge is -2.29. The van der Waals surface area contributed by atoms with Crippen LogP contribution in [0.25, 0.3) is 0 Å². The van der Waals surface area contributed by atoms with Gasteiger partial charge < -0.3 is 0 Å². The van der Waals surface area contributed by atoms with Gasteiger partial charge in [-0.25, -0.2) is 0 Å². The zero-order valence-electron chi connectivity index (χ0n) is 12.7. The van der Waals surface area contributed by atoms with Gasteiger partial charge in [-0.3, -0.25) is 0 Å². The molecule has 100 valence electrons. The van der Waals surface area contributed by atoms with Crippen LogP contribution < -0.4 is 0 Å². The highest BCUT2D eigenvalue weighted by molar-refractivity contribution is 5.32. The average molecular weight is 244 g/mol. The van der Waals surface area contributed by atoms with Crippen molar-refractivity contribution < 1.29 is 0 Å². The van der Waals surface area contributed by atoms with Gasteiger partial charge in [0.15, 0.2) is 0 Å². The summed E-state index contributed by atoms with van der Waals surface area (Å²) in [6.45, 7) is 15.3. The smallest absolute Gasteiger partial charge is 0.00435 e. The van der Waals surface area contributed by atoms with Crippen molar-refractivity contribution in [3.8, 4) is 0 Å². The number of hydrogen-bond donors (Lipinski definition) is 0. The summed E-state index contributed by atoms with van der Waals surface area (Å²) in [6, 6.07) is 9.21. The number of benzene rings is 1. The highest BCUT2D eigenvalue weighted by Gasteiger charge is 2.24. The third kappa shape index (κ3) is 3.04. The second-order valence-corrected chi connectivity index (χ2v) is 6.22. The van der Waals surface area contributed by atoms with Gasteiger partial charge in [-0.05, 0) is 41.2 Å². The van der Waals surface area contributed by atoms with E-state index >= 15 is 0 Å². The minimum absolute atomic E-state index is 0.233. The molecule has 1 atom stereocenters. The second kappa shape index (κ2) is 5.73. The molecule has 0 aliphatic heterocycles. The maximum absolute atomic E-state index is 3.89. The van der Waals surface area contributed by atoms with Crippen LogP contribution in [-0.2, 0) is 10.8 Å². The summed E-state index contributed by atoms with van der Waals surface area (Å²) in [5.41, 5.74) is 3.38. The third-order valence-electron chi connectivity index (χ3n) is 4.62. The van der Waals surface area contributed by atoms with Crippen molar-refractivity contribution in [2.45, 2.75) is 64.7 Å². The Morgan fingerprint density at radius 1 is 0.944 bits per heavy atom. The van der Waals surface area contributed by atoms with Crippen LogP contribution in [-0.4, -0.2) is 0 Å². The Morgan fingerprint density at radius 3 is 1.83 bits per heavy atom. The van der Waals surface area contributed by atoms with Crippen LogP contribution in [0.3, 0.4) is 0 Å². The molecule has 1 unspecified atom stereocenters. The predicted molar refractivity (Wildman–Crippen MR) is 82.2 cm³/mol. The Labute approximate surface area is 113 Å². The Morgan fingerprint density at radius 2 is 1.44 bits per heavy atom. The van der Waals surface area contributed by atoms with E-state index in [1.54, 1.807) is 0 Å². The van der Waals surface area contributed by atoms with Gasteiger partial charge >= 0.3 is 0 Å². The zero-order valence-corrected chi connectivity index (χ0v) is 12.7. The van der Waals surface area contributed by atoms with Crippen molar-refractivity contribution in [1.82, 2.24) is 0 Å². The molecule has 0 fully saturated rings. The van der Waals surface area contributed by atoms with E-state index in [2.05, 4.69) is 65.5 Å². The molecule has 0 aliphatic rings. The Kier molecular flexibility index (Phi) is 4.78. The van der Waals surface area contributed by atoms with Crippen molar-refractivity contribution in [1.29, 1.82) is 0 Å². The normalized spacial score (nSPS) is 15.2. The van der Waals surface area contributed by atoms with Gasteiger partial charge in [0.05, 0.1) is 0 Å². The van der Waals surface area contributed by atoms with Crippen LogP contribution in [0.4, 0.5) is 0 Å². The number of hydrogen-bond acceptors (Lipinski definition) is 0. The molecule has 0 aromatic heterocycles. The molecule has 0 saturated carbocycles. The van der Waals surface area contributed by atoms with Crippen LogP contribution in [0.5, 0.6) is 0 Å². The van der Waals surface area contributed by atoms with Gasteiger partial charge in [0.1, 0.15) is 0 Å². The minimum Gasteiger partial charge on any atom is -0.103 e. The zero-order chi connectivity index (χ0) is 13.8. The lowest BCUT2D eigenvalue weighted by atomic mass is 9.75. The highest BCUT2D eigenvalue weighted by Crippen LogP contribution is 2.34. The molecule has 0 heteroatoms. The molecule has 0 radical (unpaired) electrons. The summed E-state index contributed by atoms with van der Waals surface area (Å²) < 4.78 is 0.